The van der Waals surface area contributed by atoms with Crippen molar-refractivity contribution >= 4 is 11.0 Å². The van der Waals surface area contributed by atoms with E-state index in [0.717, 1.165) is 16.5 Å². The topological polar surface area (TPSA) is 39.4 Å². The molecule has 0 amide bonds. The highest BCUT2D eigenvalue weighted by molar-refractivity contribution is 5.81. The van der Waals surface area contributed by atoms with Gasteiger partial charge in [0.1, 0.15) is 17.9 Å². The molecule has 0 saturated carbocycles. The van der Waals surface area contributed by atoms with E-state index in [4.69, 9.17) is 9.15 Å². The molecule has 0 radical (unpaired) electrons. The van der Waals surface area contributed by atoms with Crippen molar-refractivity contribution in [3.8, 4) is 5.75 Å². The summed E-state index contributed by atoms with van der Waals surface area (Å²) in [5.74, 6) is 0.692. The number of rotatable bonds is 3. The van der Waals surface area contributed by atoms with Crippen LogP contribution in [0, 0.1) is 13.8 Å². The fourth-order valence-electron chi connectivity index (χ4n) is 2.25. The molecule has 0 aliphatic carbocycles. The summed E-state index contributed by atoms with van der Waals surface area (Å²) in [5.41, 5.74) is 3.46. The van der Waals surface area contributed by atoms with Crippen LogP contribution in [0.3, 0.4) is 0 Å². The van der Waals surface area contributed by atoms with E-state index < -0.39 is 0 Å². The van der Waals surface area contributed by atoms with E-state index in [2.05, 4.69) is 19.1 Å². The Morgan fingerprint density at radius 3 is 2.52 bits per heavy atom. The van der Waals surface area contributed by atoms with Crippen LogP contribution in [0.4, 0.5) is 0 Å². The Kier molecular flexibility index (Phi) is 3.48. The van der Waals surface area contributed by atoms with Crippen molar-refractivity contribution in [1.82, 2.24) is 0 Å². The van der Waals surface area contributed by atoms with E-state index >= 15 is 0 Å². The molecule has 3 aromatic rings. The predicted octanol–water partition coefficient (Wildman–Crippen LogP) is 3.99. The van der Waals surface area contributed by atoms with Gasteiger partial charge < -0.3 is 9.15 Å². The molecule has 1 heterocycles. The lowest BCUT2D eigenvalue weighted by molar-refractivity contribution is 0.306. The number of ether oxygens (including phenoxy) is 1. The summed E-state index contributed by atoms with van der Waals surface area (Å²) in [5, 5.41) is 0.928. The van der Waals surface area contributed by atoms with Gasteiger partial charge in [0, 0.05) is 17.5 Å². The minimum Gasteiger partial charge on any atom is -0.489 e. The van der Waals surface area contributed by atoms with Crippen LogP contribution in [0.15, 0.2) is 57.7 Å². The van der Waals surface area contributed by atoms with E-state index in [1.807, 2.05) is 31.2 Å². The summed E-state index contributed by atoms with van der Waals surface area (Å²) >= 11 is 0. The van der Waals surface area contributed by atoms with Crippen LogP contribution in [-0.2, 0) is 6.61 Å². The fraction of sp³-hybridized carbons (Fsp3) is 0.167. The highest BCUT2D eigenvalue weighted by atomic mass is 16.5. The number of aryl methyl sites for hydroxylation is 2. The third-order valence-corrected chi connectivity index (χ3v) is 3.45. The van der Waals surface area contributed by atoms with E-state index in [0.29, 0.717) is 17.9 Å². The Bertz CT molecular complexity index is 829. The van der Waals surface area contributed by atoms with Crippen molar-refractivity contribution in [2.45, 2.75) is 20.5 Å². The van der Waals surface area contributed by atoms with Gasteiger partial charge in [0.15, 0.2) is 0 Å². The van der Waals surface area contributed by atoms with Gasteiger partial charge in [-0.3, -0.25) is 0 Å². The third kappa shape index (κ3) is 2.97. The zero-order valence-electron chi connectivity index (χ0n) is 12.1. The zero-order chi connectivity index (χ0) is 14.8. The Hall–Kier alpha value is -2.55. The van der Waals surface area contributed by atoms with Crippen LogP contribution < -0.4 is 10.4 Å². The molecule has 0 N–H and O–H groups in total. The van der Waals surface area contributed by atoms with Crippen LogP contribution in [0.25, 0.3) is 11.0 Å². The van der Waals surface area contributed by atoms with Gasteiger partial charge in [-0.1, -0.05) is 29.8 Å². The number of hydrogen-bond acceptors (Lipinski definition) is 3. The van der Waals surface area contributed by atoms with E-state index in [-0.39, 0.29) is 5.63 Å². The number of fused-ring (bicyclic) bond motifs is 1. The summed E-state index contributed by atoms with van der Waals surface area (Å²) in [7, 11) is 0. The first kappa shape index (κ1) is 13.4. The monoisotopic (exact) mass is 280 g/mol. The van der Waals surface area contributed by atoms with E-state index in [1.165, 1.54) is 11.6 Å². The highest BCUT2D eigenvalue weighted by Gasteiger charge is 2.04. The van der Waals surface area contributed by atoms with Gasteiger partial charge in [0.25, 0.3) is 0 Å². The normalized spacial score (nSPS) is 10.8. The molecule has 1 aromatic heterocycles. The van der Waals surface area contributed by atoms with Gasteiger partial charge in [0.05, 0.1) is 0 Å². The van der Waals surface area contributed by atoms with Crippen LogP contribution in [0.2, 0.25) is 0 Å². The molecule has 2 aromatic carbocycles. The Labute approximate surface area is 122 Å². The molecule has 3 heteroatoms. The van der Waals surface area contributed by atoms with Gasteiger partial charge in [-0.2, -0.15) is 0 Å². The first-order valence-electron chi connectivity index (χ1n) is 6.85. The molecule has 0 aliphatic rings. The summed E-state index contributed by atoms with van der Waals surface area (Å²) in [6.07, 6.45) is 0. The van der Waals surface area contributed by atoms with Crippen molar-refractivity contribution < 1.29 is 9.15 Å². The molecule has 3 rings (SSSR count). The first-order valence-corrected chi connectivity index (χ1v) is 6.85. The molecular weight excluding hydrogens is 264 g/mol. The molecule has 0 aliphatic heterocycles. The summed E-state index contributed by atoms with van der Waals surface area (Å²) in [6, 6.07) is 15.3. The van der Waals surface area contributed by atoms with Gasteiger partial charge in [-0.15, -0.1) is 0 Å². The Morgan fingerprint density at radius 1 is 1.00 bits per heavy atom. The maximum absolute atomic E-state index is 11.4. The first-order chi connectivity index (χ1) is 10.1. The molecule has 0 unspecified atom stereocenters. The third-order valence-electron chi connectivity index (χ3n) is 3.45. The molecule has 21 heavy (non-hydrogen) atoms. The van der Waals surface area contributed by atoms with Crippen LogP contribution in [-0.4, -0.2) is 0 Å². The quantitative estimate of drug-likeness (QED) is 0.681. The lowest BCUT2D eigenvalue weighted by atomic mass is 10.1. The minimum absolute atomic E-state index is 0.337. The van der Waals surface area contributed by atoms with E-state index in [1.54, 1.807) is 6.07 Å². The number of benzene rings is 2. The van der Waals surface area contributed by atoms with Crippen molar-refractivity contribution in [3.63, 3.8) is 0 Å². The standard InChI is InChI=1S/C18H16O3/c1-12-3-5-14(6-4-12)11-20-15-7-8-16-13(2)9-18(19)21-17(16)10-15/h3-10H,11H2,1-2H3. The average molecular weight is 280 g/mol. The van der Waals surface area contributed by atoms with Crippen LogP contribution in [0.1, 0.15) is 16.7 Å². The Balaban J connectivity index is 1.84. The predicted molar refractivity (Wildman–Crippen MR) is 82.7 cm³/mol. The SMILES string of the molecule is Cc1ccc(COc2ccc3c(C)cc(=O)oc3c2)cc1. The van der Waals surface area contributed by atoms with Crippen LogP contribution in [0.5, 0.6) is 5.75 Å². The molecule has 0 bridgehead atoms. The van der Waals surface area contributed by atoms with Crippen LogP contribution >= 0.6 is 0 Å². The smallest absolute Gasteiger partial charge is 0.336 e. The summed E-state index contributed by atoms with van der Waals surface area (Å²) in [6.45, 7) is 4.44. The molecule has 0 spiro atoms. The van der Waals surface area contributed by atoms with Gasteiger partial charge in [0.2, 0.25) is 0 Å². The lowest BCUT2D eigenvalue weighted by Crippen LogP contribution is -1.99. The largest absolute Gasteiger partial charge is 0.489 e. The van der Waals surface area contributed by atoms with Crippen molar-refractivity contribution in [2.75, 3.05) is 0 Å². The van der Waals surface area contributed by atoms with Crippen molar-refractivity contribution in [2.24, 2.45) is 0 Å². The second-order valence-electron chi connectivity index (χ2n) is 5.18. The minimum atomic E-state index is -0.337. The molecular formula is C18H16O3. The fourth-order valence-corrected chi connectivity index (χ4v) is 2.25. The number of hydrogen-bond donors (Lipinski definition) is 0. The molecule has 0 saturated heterocycles. The summed E-state index contributed by atoms with van der Waals surface area (Å²) < 4.78 is 11.0. The van der Waals surface area contributed by atoms with Crippen molar-refractivity contribution in [1.29, 1.82) is 0 Å². The zero-order valence-corrected chi connectivity index (χ0v) is 12.1. The highest BCUT2D eigenvalue weighted by Crippen LogP contribution is 2.22. The molecule has 0 atom stereocenters. The maximum Gasteiger partial charge on any atom is 0.336 e. The van der Waals surface area contributed by atoms with Gasteiger partial charge in [-0.25, -0.2) is 4.79 Å². The van der Waals surface area contributed by atoms with Gasteiger partial charge in [-0.05, 0) is 37.1 Å². The Morgan fingerprint density at radius 2 is 1.76 bits per heavy atom. The molecule has 106 valence electrons. The molecule has 3 nitrogen and oxygen atoms in total. The van der Waals surface area contributed by atoms with E-state index in [9.17, 15) is 4.79 Å². The lowest BCUT2D eigenvalue weighted by Gasteiger charge is -2.08. The second kappa shape index (κ2) is 5.44. The molecule has 0 fully saturated rings. The van der Waals surface area contributed by atoms with Crippen molar-refractivity contribution in [3.05, 3.63) is 75.6 Å². The summed E-state index contributed by atoms with van der Waals surface area (Å²) in [4.78, 5) is 11.4. The van der Waals surface area contributed by atoms with Gasteiger partial charge >= 0.3 is 5.63 Å². The maximum atomic E-state index is 11.4. The average Bonchev–Trinajstić information content (AvgIpc) is 2.46. The second-order valence-corrected chi connectivity index (χ2v) is 5.18.